The van der Waals surface area contributed by atoms with Crippen LogP contribution in [0, 0.1) is 21.4 Å². The van der Waals surface area contributed by atoms with Crippen LogP contribution in [0.3, 0.4) is 0 Å². The Hall–Kier alpha value is -1.42. The quantitative estimate of drug-likeness (QED) is 0.0510. The fourth-order valence-corrected chi connectivity index (χ4v) is 14.1. The maximum Gasteiger partial charge on any atom is 0.260 e. The van der Waals surface area contributed by atoms with Gasteiger partial charge in [0.2, 0.25) is 11.8 Å². The Bertz CT molecular complexity index is 2040. The highest BCUT2D eigenvalue weighted by atomic mass is 127. The molecule has 2 aromatic carbocycles. The maximum atomic E-state index is 14.0. The molecule has 4 atom stereocenters. The Balaban J connectivity index is 2.68. The summed E-state index contributed by atoms with van der Waals surface area (Å²) in [4.78, 5) is 109. The molecule has 0 radical (unpaired) electrons. The summed E-state index contributed by atoms with van der Waals surface area (Å²) in [5.41, 5.74) is -1.57. The molecule has 0 spiro atoms. The van der Waals surface area contributed by atoms with Crippen LogP contribution in [0.2, 0.25) is 0 Å². The van der Waals surface area contributed by atoms with Crippen LogP contribution in [0.5, 0.6) is 0 Å². The molecule has 0 bridgehead atoms. The van der Waals surface area contributed by atoms with E-state index in [1.54, 1.807) is 136 Å². The van der Waals surface area contributed by atoms with Crippen LogP contribution in [-0.2, 0) is 19.2 Å². The van der Waals surface area contributed by atoms with E-state index in [9.17, 15) is 89.4 Å². The number of hydrogen-bond donors (Lipinski definition) is 14. The van der Waals surface area contributed by atoms with Crippen LogP contribution in [0.15, 0.2) is 0 Å². The molecule has 66 heavy (non-hydrogen) atoms. The second-order valence-corrected chi connectivity index (χ2v) is 19.9. The van der Waals surface area contributed by atoms with Crippen molar-refractivity contribution >= 4 is 194 Å². The molecule has 0 saturated carbocycles. The van der Waals surface area contributed by atoms with Crippen LogP contribution in [0.1, 0.15) is 54.3 Å². The third-order valence-electron chi connectivity index (χ3n) is 8.65. The van der Waals surface area contributed by atoms with E-state index >= 15 is 0 Å². The minimum absolute atomic E-state index is 0.0154. The molecule has 2 aromatic rings. The molecule has 0 aliphatic carbocycles. The van der Waals surface area contributed by atoms with Gasteiger partial charge in [-0.3, -0.25) is 49.0 Å². The van der Waals surface area contributed by atoms with Gasteiger partial charge in [-0.15, -0.1) is 0 Å². The van der Waals surface area contributed by atoms with Gasteiger partial charge in [-0.25, -0.2) is 0 Å². The van der Waals surface area contributed by atoms with Gasteiger partial charge in [0.05, 0.1) is 99.8 Å². The predicted octanol–water partition coefficient (Wildman–Crippen LogP) is -2.53. The molecule has 14 N–H and O–H groups in total. The van der Waals surface area contributed by atoms with Gasteiger partial charge in [0.25, 0.3) is 35.4 Å². The second-order valence-electron chi connectivity index (χ2n) is 13.4. The maximum absolute atomic E-state index is 14.0. The number of aliphatic hydroxyl groups is 10. The Morgan fingerprint density at radius 2 is 0.758 bits per heavy atom. The SMILES string of the molecule is O=C(CCC(=O)Nc1c(I)c(C(=O)NC(=O)C(O)CO)c(I)c(C(=O)N(CCO)CC(O)CO)c1I)Nc1c(I)c(C(=O)NC(=O)C(O)CO)c(I)c(C(=O)N(CCO)CC(O)CO)c1I. The van der Waals surface area contributed by atoms with Crippen molar-refractivity contribution in [3.63, 3.8) is 0 Å². The van der Waals surface area contributed by atoms with E-state index in [-0.39, 0.29) is 68.1 Å². The lowest BCUT2D eigenvalue weighted by atomic mass is 10.1. The number of aliphatic hydroxyl groups excluding tert-OH is 10. The predicted molar refractivity (Wildman–Crippen MR) is 279 cm³/mol. The molecule has 0 saturated heterocycles. The van der Waals surface area contributed by atoms with Crippen molar-refractivity contribution in [2.75, 3.05) is 76.5 Å². The number of anilines is 2. The smallest absolute Gasteiger partial charge is 0.260 e. The summed E-state index contributed by atoms with van der Waals surface area (Å²) in [6.45, 7) is -6.46. The van der Waals surface area contributed by atoms with Gasteiger partial charge in [0.15, 0.2) is 12.2 Å². The van der Waals surface area contributed by atoms with Crippen molar-refractivity contribution in [2.45, 2.75) is 37.3 Å². The molecule has 0 aliphatic rings. The first-order valence-corrected chi connectivity index (χ1v) is 25.1. The lowest BCUT2D eigenvalue weighted by Crippen LogP contribution is -2.43. The average molecular weight is 1610 g/mol. The number of carbonyl (C=O) groups is 8. The van der Waals surface area contributed by atoms with Crippen LogP contribution in [0.25, 0.3) is 0 Å². The standard InChI is InChI=1S/C36H42I6N6O18/c37-23-19(33(63)45-31(61)15(57)11-53)25(39)29(27(41)21(23)35(65)47(3-5-49)7-13(55)9-51)43-17(59)1-2-18(60)44-30-26(40)20(34(64)46-32(62)16(58)12-54)24(38)22(28(30)42)36(66)48(4-6-50)8-14(56)10-52/h13-16,49-58H,1-12H2,(H,43,59)(H,44,60)(H,45,61,63)(H,46,62,64). The highest BCUT2D eigenvalue weighted by Gasteiger charge is 2.35. The summed E-state index contributed by atoms with van der Waals surface area (Å²) in [6.07, 6.45) is -8.14. The van der Waals surface area contributed by atoms with E-state index in [0.717, 1.165) is 9.80 Å². The van der Waals surface area contributed by atoms with Gasteiger partial charge in [-0.05, 0) is 136 Å². The zero-order valence-electron chi connectivity index (χ0n) is 33.7. The van der Waals surface area contributed by atoms with Crippen LogP contribution >= 0.6 is 136 Å². The summed E-state index contributed by atoms with van der Waals surface area (Å²) in [7, 11) is 0. The number of rotatable bonds is 23. The Labute approximate surface area is 456 Å². The highest BCUT2D eigenvalue weighted by Crippen LogP contribution is 2.38. The van der Waals surface area contributed by atoms with Crippen molar-refractivity contribution in [1.29, 1.82) is 0 Å². The van der Waals surface area contributed by atoms with E-state index in [4.69, 9.17) is 0 Å². The third-order valence-corrected chi connectivity index (χ3v) is 15.1. The molecule has 0 heterocycles. The summed E-state index contributed by atoms with van der Waals surface area (Å²) in [6, 6.07) is 0. The number of amides is 8. The van der Waals surface area contributed by atoms with Gasteiger partial charge < -0.3 is 71.5 Å². The number of nitrogens with zero attached hydrogens (tertiary/aromatic N) is 2. The average Bonchev–Trinajstić information content (AvgIpc) is 3.27. The van der Waals surface area contributed by atoms with Crippen molar-refractivity contribution in [3.05, 3.63) is 43.7 Å². The van der Waals surface area contributed by atoms with Crippen molar-refractivity contribution in [3.8, 4) is 0 Å². The monoisotopic (exact) mass is 1610 g/mol. The molecule has 366 valence electrons. The molecular weight excluding hydrogens is 1570 g/mol. The summed E-state index contributed by atoms with van der Waals surface area (Å²) < 4.78 is -0.217. The minimum Gasteiger partial charge on any atom is -0.395 e. The first kappa shape index (κ1) is 60.7. The Morgan fingerprint density at radius 3 is 1.03 bits per heavy atom. The van der Waals surface area contributed by atoms with E-state index in [0.29, 0.717) is 0 Å². The van der Waals surface area contributed by atoms with Gasteiger partial charge in [0.1, 0.15) is 0 Å². The molecule has 4 unspecified atom stereocenters. The summed E-state index contributed by atoms with van der Waals surface area (Å²) in [5.74, 6) is -8.49. The normalized spacial score (nSPS) is 12.9. The van der Waals surface area contributed by atoms with Gasteiger partial charge in [0, 0.05) is 46.2 Å². The van der Waals surface area contributed by atoms with E-state index in [1.165, 1.54) is 0 Å². The lowest BCUT2D eigenvalue weighted by Gasteiger charge is -2.27. The van der Waals surface area contributed by atoms with Gasteiger partial charge in [-0.1, -0.05) is 0 Å². The number of hydrogen-bond acceptors (Lipinski definition) is 18. The number of benzene rings is 2. The summed E-state index contributed by atoms with van der Waals surface area (Å²) in [5, 5.41) is 105. The molecule has 8 amide bonds. The van der Waals surface area contributed by atoms with Crippen molar-refractivity contribution in [2.24, 2.45) is 0 Å². The number of halogens is 6. The number of carbonyl (C=O) groups excluding carboxylic acids is 8. The van der Waals surface area contributed by atoms with Crippen LogP contribution in [0.4, 0.5) is 11.4 Å². The Morgan fingerprint density at radius 1 is 0.455 bits per heavy atom. The van der Waals surface area contributed by atoms with Crippen LogP contribution < -0.4 is 21.3 Å². The van der Waals surface area contributed by atoms with Gasteiger partial charge in [-0.2, -0.15) is 0 Å². The third kappa shape index (κ3) is 16.1. The van der Waals surface area contributed by atoms with Crippen molar-refractivity contribution < 1.29 is 89.4 Å². The van der Waals surface area contributed by atoms with E-state index in [2.05, 4.69) is 10.6 Å². The van der Waals surface area contributed by atoms with Crippen molar-refractivity contribution in [1.82, 2.24) is 20.4 Å². The number of imide groups is 2. The molecule has 30 heteroatoms. The van der Waals surface area contributed by atoms with E-state index < -0.39 is 137 Å². The topological polar surface area (TPSA) is 393 Å². The first-order valence-electron chi connectivity index (χ1n) is 18.6. The molecular formula is C36H42I6N6O18. The van der Waals surface area contributed by atoms with E-state index in [1.807, 2.05) is 10.6 Å². The largest absolute Gasteiger partial charge is 0.395 e. The molecule has 0 aliphatic heterocycles. The zero-order chi connectivity index (χ0) is 50.3. The zero-order valence-corrected chi connectivity index (χ0v) is 46.6. The van der Waals surface area contributed by atoms with Gasteiger partial charge >= 0.3 is 0 Å². The molecule has 2 rings (SSSR count). The molecule has 0 fully saturated rings. The summed E-state index contributed by atoms with van der Waals surface area (Å²) >= 11 is 9.94. The molecule has 24 nitrogen and oxygen atoms in total. The Kier molecular flexibility index (Phi) is 26.7. The van der Waals surface area contributed by atoms with Crippen LogP contribution in [-0.4, -0.2) is 198 Å². The minimum atomic E-state index is -2.01. The fourth-order valence-electron chi connectivity index (χ4n) is 5.37. The second kappa shape index (κ2) is 29.1. The first-order chi connectivity index (χ1) is 31.0. The number of nitrogens with one attached hydrogen (secondary N) is 4. The highest BCUT2D eigenvalue weighted by molar-refractivity contribution is 14.1. The fraction of sp³-hybridized carbons (Fsp3) is 0.444. The molecule has 0 aromatic heterocycles. The lowest BCUT2D eigenvalue weighted by molar-refractivity contribution is -0.130.